The second-order valence-electron chi connectivity index (χ2n) is 4.07. The molecule has 1 unspecified atom stereocenters. The van der Waals surface area contributed by atoms with Gasteiger partial charge in [-0.1, -0.05) is 19.1 Å². The fraction of sp³-hybridized carbons (Fsp3) is 0.286. The maximum atomic E-state index is 13.0. The van der Waals surface area contributed by atoms with Crippen molar-refractivity contribution in [2.24, 2.45) is 0 Å². The van der Waals surface area contributed by atoms with Crippen LogP contribution in [0.1, 0.15) is 29.8 Å². The van der Waals surface area contributed by atoms with E-state index in [1.165, 1.54) is 17.0 Å². The Hall–Kier alpha value is -0.710. The lowest BCUT2D eigenvalue weighted by Gasteiger charge is -2.18. The first-order valence-corrected chi connectivity index (χ1v) is 7.61. The third-order valence-electron chi connectivity index (χ3n) is 2.71. The molecule has 96 valence electrons. The molecular weight excluding hydrogens is 313 g/mol. The van der Waals surface area contributed by atoms with Gasteiger partial charge in [-0.2, -0.15) is 0 Å². The summed E-state index contributed by atoms with van der Waals surface area (Å²) in [5.41, 5.74) is 1.09. The van der Waals surface area contributed by atoms with Gasteiger partial charge in [-0.3, -0.25) is 0 Å². The normalized spacial score (nSPS) is 12.6. The van der Waals surface area contributed by atoms with E-state index in [9.17, 15) is 4.39 Å². The molecule has 0 amide bonds. The van der Waals surface area contributed by atoms with Crippen molar-refractivity contribution < 1.29 is 4.39 Å². The average Bonchev–Trinajstić information content (AvgIpc) is 2.78. The van der Waals surface area contributed by atoms with Gasteiger partial charge in [-0.05, 0) is 58.0 Å². The Labute approximate surface area is 119 Å². The maximum Gasteiger partial charge on any atom is 0.123 e. The van der Waals surface area contributed by atoms with Crippen molar-refractivity contribution in [2.45, 2.75) is 19.4 Å². The monoisotopic (exact) mass is 327 g/mol. The van der Waals surface area contributed by atoms with Crippen molar-refractivity contribution in [3.05, 3.63) is 56.4 Å². The zero-order valence-electron chi connectivity index (χ0n) is 10.1. The predicted molar refractivity (Wildman–Crippen MR) is 78.6 cm³/mol. The summed E-state index contributed by atoms with van der Waals surface area (Å²) >= 11 is 5.27. The van der Waals surface area contributed by atoms with Crippen LogP contribution in [-0.2, 0) is 0 Å². The van der Waals surface area contributed by atoms with Crippen LogP contribution in [0.4, 0.5) is 4.39 Å². The third-order valence-corrected chi connectivity index (χ3v) is 4.64. The third kappa shape index (κ3) is 3.19. The Morgan fingerprint density at radius 3 is 2.56 bits per heavy atom. The molecule has 0 bridgehead atoms. The summed E-state index contributed by atoms with van der Waals surface area (Å²) < 4.78 is 14.1. The van der Waals surface area contributed by atoms with Crippen LogP contribution < -0.4 is 5.32 Å². The Morgan fingerprint density at radius 1 is 1.28 bits per heavy atom. The minimum atomic E-state index is -0.196. The van der Waals surface area contributed by atoms with Crippen LogP contribution in [0, 0.1) is 5.82 Å². The quantitative estimate of drug-likeness (QED) is 0.836. The van der Waals surface area contributed by atoms with Gasteiger partial charge in [0.05, 0.1) is 6.04 Å². The summed E-state index contributed by atoms with van der Waals surface area (Å²) in [7, 11) is 0. The SMILES string of the molecule is CCCNC(c1ccc(F)cc1)c1sccc1Br. The molecule has 1 N–H and O–H groups in total. The molecule has 4 heteroatoms. The number of hydrogen-bond acceptors (Lipinski definition) is 2. The van der Waals surface area contributed by atoms with E-state index in [1.54, 1.807) is 11.3 Å². The molecule has 18 heavy (non-hydrogen) atoms. The molecule has 0 saturated carbocycles. The summed E-state index contributed by atoms with van der Waals surface area (Å²) in [6.45, 7) is 3.07. The highest BCUT2D eigenvalue weighted by atomic mass is 79.9. The summed E-state index contributed by atoms with van der Waals surface area (Å²) in [5, 5.41) is 5.57. The minimum absolute atomic E-state index is 0.125. The molecule has 0 aliphatic rings. The standard InChI is InChI=1S/C14H15BrFNS/c1-2-8-17-13(14-12(15)7-9-18-14)10-3-5-11(16)6-4-10/h3-7,9,13,17H,2,8H2,1H3. The highest BCUT2D eigenvalue weighted by molar-refractivity contribution is 9.10. The molecule has 0 fully saturated rings. The largest absolute Gasteiger partial charge is 0.306 e. The van der Waals surface area contributed by atoms with E-state index in [0.717, 1.165) is 23.0 Å². The highest BCUT2D eigenvalue weighted by Crippen LogP contribution is 2.33. The predicted octanol–water partition coefficient (Wildman–Crippen LogP) is 4.74. The lowest BCUT2D eigenvalue weighted by molar-refractivity contribution is 0.598. The van der Waals surface area contributed by atoms with Crippen LogP contribution in [0.25, 0.3) is 0 Å². The van der Waals surface area contributed by atoms with Crippen LogP contribution in [-0.4, -0.2) is 6.54 Å². The van der Waals surface area contributed by atoms with Crippen molar-refractivity contribution in [3.8, 4) is 0 Å². The highest BCUT2D eigenvalue weighted by Gasteiger charge is 2.17. The topological polar surface area (TPSA) is 12.0 Å². The van der Waals surface area contributed by atoms with E-state index in [4.69, 9.17) is 0 Å². The number of nitrogens with one attached hydrogen (secondary N) is 1. The van der Waals surface area contributed by atoms with Gasteiger partial charge in [-0.25, -0.2) is 4.39 Å². The van der Waals surface area contributed by atoms with Crippen LogP contribution >= 0.6 is 27.3 Å². The Morgan fingerprint density at radius 2 is 2.00 bits per heavy atom. The lowest BCUT2D eigenvalue weighted by atomic mass is 10.1. The molecule has 1 aromatic carbocycles. The van der Waals surface area contributed by atoms with Gasteiger partial charge in [0.15, 0.2) is 0 Å². The number of benzene rings is 1. The first-order valence-electron chi connectivity index (χ1n) is 5.94. The number of rotatable bonds is 5. The van der Waals surface area contributed by atoms with Crippen molar-refractivity contribution in [1.29, 1.82) is 0 Å². The van der Waals surface area contributed by atoms with Gasteiger partial charge >= 0.3 is 0 Å². The first kappa shape index (κ1) is 13.7. The molecule has 0 radical (unpaired) electrons. The zero-order chi connectivity index (χ0) is 13.0. The number of hydrogen-bond donors (Lipinski definition) is 1. The Bertz CT molecular complexity index is 495. The van der Waals surface area contributed by atoms with Gasteiger partial charge in [0.25, 0.3) is 0 Å². The van der Waals surface area contributed by atoms with Crippen LogP contribution in [0.2, 0.25) is 0 Å². The van der Waals surface area contributed by atoms with Gasteiger partial charge in [0.2, 0.25) is 0 Å². The molecule has 1 aromatic heterocycles. The van der Waals surface area contributed by atoms with Gasteiger partial charge < -0.3 is 5.32 Å². The van der Waals surface area contributed by atoms with E-state index in [2.05, 4.69) is 33.6 Å². The van der Waals surface area contributed by atoms with E-state index in [0.29, 0.717) is 0 Å². The zero-order valence-corrected chi connectivity index (χ0v) is 12.5. The Balaban J connectivity index is 2.30. The molecule has 1 nitrogen and oxygen atoms in total. The van der Waals surface area contributed by atoms with E-state index in [1.807, 2.05) is 18.2 Å². The smallest absolute Gasteiger partial charge is 0.123 e. The number of halogens is 2. The molecule has 2 rings (SSSR count). The van der Waals surface area contributed by atoms with Crippen molar-refractivity contribution in [1.82, 2.24) is 5.32 Å². The van der Waals surface area contributed by atoms with Crippen molar-refractivity contribution in [3.63, 3.8) is 0 Å². The second kappa shape index (κ2) is 6.45. The summed E-state index contributed by atoms with van der Waals surface area (Å²) in [5.74, 6) is -0.196. The lowest BCUT2D eigenvalue weighted by Crippen LogP contribution is -2.22. The van der Waals surface area contributed by atoms with Crippen LogP contribution in [0.5, 0.6) is 0 Å². The van der Waals surface area contributed by atoms with Gasteiger partial charge in [-0.15, -0.1) is 11.3 Å². The minimum Gasteiger partial charge on any atom is -0.306 e. The van der Waals surface area contributed by atoms with Gasteiger partial charge in [0.1, 0.15) is 5.82 Å². The van der Waals surface area contributed by atoms with E-state index < -0.39 is 0 Å². The molecule has 1 heterocycles. The molecule has 1 atom stereocenters. The second-order valence-corrected chi connectivity index (χ2v) is 5.87. The van der Waals surface area contributed by atoms with Crippen molar-refractivity contribution >= 4 is 27.3 Å². The summed E-state index contributed by atoms with van der Waals surface area (Å²) in [6, 6.07) is 8.88. The molecule has 0 spiro atoms. The molecular formula is C14H15BrFNS. The maximum absolute atomic E-state index is 13.0. The first-order chi connectivity index (χ1) is 8.72. The molecule has 2 aromatic rings. The van der Waals surface area contributed by atoms with Gasteiger partial charge in [0, 0.05) is 9.35 Å². The average molecular weight is 328 g/mol. The summed E-state index contributed by atoms with van der Waals surface area (Å²) in [6.07, 6.45) is 1.07. The fourth-order valence-corrected chi connectivity index (χ4v) is 3.52. The van der Waals surface area contributed by atoms with E-state index >= 15 is 0 Å². The number of thiophene rings is 1. The molecule has 0 aliphatic carbocycles. The Kier molecular flexibility index (Phi) is 4.92. The van der Waals surface area contributed by atoms with Crippen LogP contribution in [0.15, 0.2) is 40.2 Å². The fourth-order valence-electron chi connectivity index (χ4n) is 1.82. The van der Waals surface area contributed by atoms with Crippen LogP contribution in [0.3, 0.4) is 0 Å². The van der Waals surface area contributed by atoms with Crippen molar-refractivity contribution in [2.75, 3.05) is 6.54 Å². The molecule has 0 aliphatic heterocycles. The van der Waals surface area contributed by atoms with E-state index in [-0.39, 0.29) is 11.9 Å². The summed E-state index contributed by atoms with van der Waals surface area (Å²) in [4.78, 5) is 1.23. The molecule has 0 saturated heterocycles.